The number of hydrogen-bond acceptors (Lipinski definition) is 3. The van der Waals surface area contributed by atoms with Crippen LogP contribution in [0.2, 0.25) is 0 Å². The Bertz CT molecular complexity index is 497. The molecule has 4 heteroatoms. The highest BCUT2D eigenvalue weighted by molar-refractivity contribution is 5.93. The van der Waals surface area contributed by atoms with Gasteiger partial charge in [-0.05, 0) is 49.7 Å². The van der Waals surface area contributed by atoms with Crippen molar-refractivity contribution in [3.8, 4) is 0 Å². The monoisotopic (exact) mass is 276 g/mol. The second kappa shape index (κ2) is 6.25. The van der Waals surface area contributed by atoms with Gasteiger partial charge >= 0.3 is 5.97 Å². The number of hydrogen-bond donors (Lipinski definition) is 1. The Balaban J connectivity index is 2.32. The summed E-state index contributed by atoms with van der Waals surface area (Å²) in [6.07, 6.45) is 5.25. The second-order valence-corrected chi connectivity index (χ2v) is 6.08. The Kier molecular flexibility index (Phi) is 4.63. The highest BCUT2D eigenvalue weighted by atomic mass is 16.4. The van der Waals surface area contributed by atoms with E-state index in [4.69, 9.17) is 0 Å². The van der Waals surface area contributed by atoms with Crippen LogP contribution in [0.15, 0.2) is 6.07 Å². The van der Waals surface area contributed by atoms with Crippen molar-refractivity contribution in [1.29, 1.82) is 0 Å². The van der Waals surface area contributed by atoms with Gasteiger partial charge in [-0.2, -0.15) is 0 Å². The Morgan fingerprint density at radius 2 is 2.10 bits per heavy atom. The van der Waals surface area contributed by atoms with Crippen LogP contribution in [-0.2, 0) is 12.8 Å². The lowest BCUT2D eigenvalue weighted by atomic mass is 9.94. The topological polar surface area (TPSA) is 53.4 Å². The zero-order valence-corrected chi connectivity index (χ0v) is 12.6. The number of nitrogens with zero attached hydrogens (tertiary/aromatic N) is 2. The fourth-order valence-corrected chi connectivity index (χ4v) is 2.63. The molecule has 1 aliphatic rings. The number of carboxylic acid groups (broad SMARTS) is 1. The molecule has 0 spiro atoms. The van der Waals surface area contributed by atoms with Crippen molar-refractivity contribution in [2.75, 3.05) is 18.5 Å². The normalized spacial score (nSPS) is 14.2. The number of carbonyl (C=O) groups is 1. The SMILES string of the molecule is CC(C)CCN(C)c1nc2c(cc1C(=O)O)CCCC2. The van der Waals surface area contributed by atoms with Crippen LogP contribution in [0.3, 0.4) is 0 Å². The smallest absolute Gasteiger partial charge is 0.339 e. The first-order chi connectivity index (χ1) is 9.49. The van der Waals surface area contributed by atoms with Gasteiger partial charge in [0.1, 0.15) is 11.4 Å². The van der Waals surface area contributed by atoms with E-state index in [9.17, 15) is 9.90 Å². The van der Waals surface area contributed by atoms with Gasteiger partial charge in [0.2, 0.25) is 0 Å². The number of aryl methyl sites for hydroxylation is 2. The van der Waals surface area contributed by atoms with Crippen molar-refractivity contribution < 1.29 is 9.90 Å². The minimum absolute atomic E-state index is 0.344. The number of pyridine rings is 1. The predicted octanol–water partition coefficient (Wildman–Crippen LogP) is 3.14. The zero-order chi connectivity index (χ0) is 14.7. The highest BCUT2D eigenvalue weighted by Crippen LogP contribution is 2.26. The fourth-order valence-electron chi connectivity index (χ4n) is 2.63. The number of anilines is 1. The van der Waals surface area contributed by atoms with E-state index < -0.39 is 5.97 Å². The fraction of sp³-hybridized carbons (Fsp3) is 0.625. The molecular weight excluding hydrogens is 252 g/mol. The molecule has 0 amide bonds. The number of aromatic nitrogens is 1. The maximum Gasteiger partial charge on any atom is 0.339 e. The van der Waals surface area contributed by atoms with Crippen molar-refractivity contribution in [3.05, 3.63) is 22.9 Å². The van der Waals surface area contributed by atoms with Crippen LogP contribution in [0.5, 0.6) is 0 Å². The molecule has 2 rings (SSSR count). The average Bonchev–Trinajstić information content (AvgIpc) is 2.43. The molecule has 0 unspecified atom stereocenters. The Hall–Kier alpha value is -1.58. The van der Waals surface area contributed by atoms with E-state index in [2.05, 4.69) is 18.8 Å². The summed E-state index contributed by atoms with van der Waals surface area (Å²) in [4.78, 5) is 18.1. The van der Waals surface area contributed by atoms with Crippen LogP contribution in [-0.4, -0.2) is 29.7 Å². The zero-order valence-electron chi connectivity index (χ0n) is 12.6. The third-order valence-electron chi connectivity index (χ3n) is 3.91. The highest BCUT2D eigenvalue weighted by Gasteiger charge is 2.21. The quantitative estimate of drug-likeness (QED) is 0.897. The maximum absolute atomic E-state index is 11.5. The van der Waals surface area contributed by atoms with E-state index in [0.29, 0.717) is 17.3 Å². The molecule has 0 atom stereocenters. The van der Waals surface area contributed by atoms with Crippen molar-refractivity contribution in [2.45, 2.75) is 46.0 Å². The van der Waals surface area contributed by atoms with Crippen molar-refractivity contribution >= 4 is 11.8 Å². The summed E-state index contributed by atoms with van der Waals surface area (Å²) in [5, 5.41) is 9.43. The minimum atomic E-state index is -0.878. The summed E-state index contributed by atoms with van der Waals surface area (Å²) in [7, 11) is 1.94. The summed E-state index contributed by atoms with van der Waals surface area (Å²) in [5.41, 5.74) is 2.55. The third kappa shape index (κ3) is 3.30. The van der Waals surface area contributed by atoms with Gasteiger partial charge in [0.05, 0.1) is 0 Å². The lowest BCUT2D eigenvalue weighted by Crippen LogP contribution is -2.25. The molecule has 0 bridgehead atoms. The summed E-state index contributed by atoms with van der Waals surface area (Å²) in [6.45, 7) is 5.18. The first-order valence-corrected chi connectivity index (χ1v) is 7.46. The molecule has 0 aromatic carbocycles. The largest absolute Gasteiger partial charge is 0.478 e. The molecule has 4 nitrogen and oxygen atoms in total. The molecule has 1 aromatic heterocycles. The molecule has 0 radical (unpaired) electrons. The van der Waals surface area contributed by atoms with E-state index in [1.807, 2.05) is 18.0 Å². The lowest BCUT2D eigenvalue weighted by Gasteiger charge is -2.24. The van der Waals surface area contributed by atoms with Crippen LogP contribution < -0.4 is 4.90 Å². The first kappa shape index (κ1) is 14.8. The van der Waals surface area contributed by atoms with Gasteiger partial charge < -0.3 is 10.0 Å². The van der Waals surface area contributed by atoms with E-state index in [-0.39, 0.29) is 0 Å². The molecule has 0 saturated heterocycles. The molecule has 110 valence electrons. The Morgan fingerprint density at radius 1 is 1.40 bits per heavy atom. The standard InChI is InChI=1S/C16H24N2O2/c1-11(2)8-9-18(3)15-13(16(19)20)10-12-6-4-5-7-14(12)17-15/h10-11H,4-9H2,1-3H3,(H,19,20). The summed E-state index contributed by atoms with van der Waals surface area (Å²) in [6, 6.07) is 1.84. The molecule has 1 aromatic rings. The summed E-state index contributed by atoms with van der Waals surface area (Å²) < 4.78 is 0. The average molecular weight is 276 g/mol. The molecule has 0 aliphatic heterocycles. The van der Waals surface area contributed by atoms with Gasteiger partial charge in [-0.25, -0.2) is 9.78 Å². The molecule has 1 N–H and O–H groups in total. The van der Waals surface area contributed by atoms with Crippen LogP contribution >= 0.6 is 0 Å². The van der Waals surface area contributed by atoms with E-state index >= 15 is 0 Å². The van der Waals surface area contributed by atoms with Gasteiger partial charge in [0.15, 0.2) is 0 Å². The van der Waals surface area contributed by atoms with E-state index in [1.54, 1.807) is 0 Å². The number of aromatic carboxylic acids is 1. The predicted molar refractivity (Wildman–Crippen MR) is 80.6 cm³/mol. The number of fused-ring (bicyclic) bond motifs is 1. The van der Waals surface area contributed by atoms with Crippen molar-refractivity contribution in [1.82, 2.24) is 4.98 Å². The van der Waals surface area contributed by atoms with Gasteiger partial charge in [-0.1, -0.05) is 13.8 Å². The van der Waals surface area contributed by atoms with Gasteiger partial charge in [-0.3, -0.25) is 0 Å². The molecule has 0 saturated carbocycles. The molecule has 1 heterocycles. The van der Waals surface area contributed by atoms with E-state index in [1.165, 1.54) is 0 Å². The van der Waals surface area contributed by atoms with Crippen LogP contribution in [0.25, 0.3) is 0 Å². The Labute approximate surface area is 120 Å². The number of carboxylic acids is 1. The van der Waals surface area contributed by atoms with Gasteiger partial charge in [-0.15, -0.1) is 0 Å². The summed E-state index contributed by atoms with van der Waals surface area (Å²) in [5.74, 6) is 0.347. The molecule has 20 heavy (non-hydrogen) atoms. The minimum Gasteiger partial charge on any atom is -0.478 e. The third-order valence-corrected chi connectivity index (χ3v) is 3.91. The molecule has 1 aliphatic carbocycles. The molecule has 0 fully saturated rings. The van der Waals surface area contributed by atoms with Crippen molar-refractivity contribution in [3.63, 3.8) is 0 Å². The maximum atomic E-state index is 11.5. The molecular formula is C16H24N2O2. The first-order valence-electron chi connectivity index (χ1n) is 7.46. The Morgan fingerprint density at radius 3 is 2.75 bits per heavy atom. The van der Waals surface area contributed by atoms with Gasteiger partial charge in [0, 0.05) is 19.3 Å². The lowest BCUT2D eigenvalue weighted by molar-refractivity contribution is 0.0697. The van der Waals surface area contributed by atoms with Gasteiger partial charge in [0.25, 0.3) is 0 Å². The van der Waals surface area contributed by atoms with Crippen molar-refractivity contribution in [2.24, 2.45) is 5.92 Å². The van der Waals surface area contributed by atoms with Crippen LogP contribution in [0, 0.1) is 5.92 Å². The van der Waals surface area contributed by atoms with Crippen LogP contribution in [0.4, 0.5) is 5.82 Å². The summed E-state index contributed by atoms with van der Waals surface area (Å²) >= 11 is 0. The second-order valence-electron chi connectivity index (χ2n) is 6.08. The number of rotatable bonds is 5. The van der Waals surface area contributed by atoms with Crippen LogP contribution in [0.1, 0.15) is 54.7 Å². The van der Waals surface area contributed by atoms with E-state index in [0.717, 1.165) is 49.9 Å².